The van der Waals surface area contributed by atoms with Gasteiger partial charge in [-0.15, -0.1) is 0 Å². The lowest BCUT2D eigenvalue weighted by molar-refractivity contribution is -0.0436. The molecule has 1 fully saturated rings. The molecule has 4 rings (SSSR count). The van der Waals surface area contributed by atoms with Crippen molar-refractivity contribution in [2.24, 2.45) is 0 Å². The van der Waals surface area contributed by atoms with Crippen molar-refractivity contribution in [3.05, 3.63) is 70.5 Å². The van der Waals surface area contributed by atoms with E-state index < -0.39 is 31.8 Å². The van der Waals surface area contributed by atoms with E-state index in [-0.39, 0.29) is 18.1 Å². The molecule has 1 aromatic carbocycles. The molecule has 0 saturated carbocycles. The number of benzene rings is 1. The Morgan fingerprint density at radius 3 is 2.34 bits per heavy atom. The van der Waals surface area contributed by atoms with E-state index in [1.807, 2.05) is 0 Å². The van der Waals surface area contributed by atoms with Gasteiger partial charge in [-0.05, 0) is 55.2 Å². The zero-order chi connectivity index (χ0) is 25.4. The van der Waals surface area contributed by atoms with Gasteiger partial charge in [0, 0.05) is 25.5 Å². The number of alkyl halides is 3. The highest BCUT2D eigenvalue weighted by Crippen LogP contribution is 2.30. The van der Waals surface area contributed by atoms with Gasteiger partial charge < -0.3 is 10.0 Å². The number of sulfone groups is 1. The largest absolute Gasteiger partial charge is 0.501 e. The molecule has 3 aromatic rings. The number of hydrogen-bond donors (Lipinski definition) is 1. The second-order valence-corrected chi connectivity index (χ2v) is 10.0. The summed E-state index contributed by atoms with van der Waals surface area (Å²) in [5.74, 6) is -0.717. The number of halogens is 3. The number of pyridine rings is 1. The molecule has 0 bridgehead atoms. The molecule has 35 heavy (non-hydrogen) atoms. The fourth-order valence-corrected chi connectivity index (χ4v) is 4.71. The fourth-order valence-electron chi connectivity index (χ4n) is 3.95. The van der Waals surface area contributed by atoms with Crippen molar-refractivity contribution >= 4 is 15.7 Å². The maximum absolute atomic E-state index is 13.0. The van der Waals surface area contributed by atoms with Crippen molar-refractivity contribution in [3.8, 4) is 11.6 Å². The summed E-state index contributed by atoms with van der Waals surface area (Å²) in [6.07, 6.45) is 6.88. The summed E-state index contributed by atoms with van der Waals surface area (Å²) in [6.45, 7) is 1.19. The van der Waals surface area contributed by atoms with E-state index in [0.29, 0.717) is 36.3 Å². The normalized spacial score (nSPS) is 14.8. The molecule has 0 aliphatic carbocycles. The highest BCUT2D eigenvalue weighted by atomic mass is 32.2. The van der Waals surface area contributed by atoms with Gasteiger partial charge in [0.05, 0.1) is 28.9 Å². The fraction of sp³-hybridized carbons (Fsp3) is 0.318. The average Bonchev–Trinajstić information content (AvgIpc) is 3.11. The summed E-state index contributed by atoms with van der Waals surface area (Å²) >= 11 is 0. The average molecular weight is 510 g/mol. The Balaban J connectivity index is 1.64. The van der Waals surface area contributed by atoms with Gasteiger partial charge in [-0.3, -0.25) is 14.3 Å². The molecule has 9 nitrogen and oxygen atoms in total. The molecule has 1 saturated heterocycles. The Morgan fingerprint density at radius 1 is 1.06 bits per heavy atom. The lowest BCUT2D eigenvalue weighted by Crippen LogP contribution is -2.36. The maximum atomic E-state index is 13.0. The van der Waals surface area contributed by atoms with Gasteiger partial charge in [0.1, 0.15) is 0 Å². The molecular formula is C22H21F3N4O5S. The predicted octanol–water partition coefficient (Wildman–Crippen LogP) is 2.71. The summed E-state index contributed by atoms with van der Waals surface area (Å²) in [6, 6.07) is 4.98. The minimum absolute atomic E-state index is 0.0354. The van der Waals surface area contributed by atoms with Crippen LogP contribution in [-0.2, 0) is 16.4 Å². The smallest absolute Gasteiger partial charge is 0.493 e. The number of rotatable bonds is 5. The van der Waals surface area contributed by atoms with E-state index in [1.165, 1.54) is 12.4 Å². The minimum Gasteiger partial charge on any atom is -0.493 e. The first-order chi connectivity index (χ1) is 16.5. The zero-order valence-corrected chi connectivity index (χ0v) is 19.1. The second kappa shape index (κ2) is 9.21. The molecule has 0 spiro atoms. The summed E-state index contributed by atoms with van der Waals surface area (Å²) in [5.41, 5.74) is -5.41. The first-order valence-electron chi connectivity index (χ1n) is 10.7. The van der Waals surface area contributed by atoms with Crippen LogP contribution in [0.4, 0.5) is 13.2 Å². The summed E-state index contributed by atoms with van der Waals surface area (Å²) in [7, 11) is -5.55. The van der Waals surface area contributed by atoms with Gasteiger partial charge in [-0.2, -0.15) is 13.2 Å². The van der Waals surface area contributed by atoms with Crippen LogP contribution in [0.1, 0.15) is 35.2 Å². The molecule has 1 N–H and O–H groups in total. The van der Waals surface area contributed by atoms with Crippen LogP contribution in [0.25, 0.3) is 5.69 Å². The van der Waals surface area contributed by atoms with Gasteiger partial charge in [0.25, 0.3) is 15.7 Å². The summed E-state index contributed by atoms with van der Waals surface area (Å²) in [4.78, 5) is 30.7. The Kier molecular flexibility index (Phi) is 6.45. The number of carbonyl (C=O) groups excluding carboxylic acids is 1. The van der Waals surface area contributed by atoms with Crippen molar-refractivity contribution in [2.45, 2.75) is 36.2 Å². The first kappa shape index (κ1) is 24.5. The third-order valence-electron chi connectivity index (χ3n) is 5.77. The van der Waals surface area contributed by atoms with Crippen molar-refractivity contribution in [3.63, 3.8) is 0 Å². The topological polar surface area (TPSA) is 114 Å². The zero-order valence-electron chi connectivity index (χ0n) is 18.3. The van der Waals surface area contributed by atoms with E-state index >= 15 is 0 Å². The quantitative estimate of drug-likeness (QED) is 0.565. The van der Waals surface area contributed by atoms with Crippen molar-refractivity contribution < 1.29 is 31.5 Å². The molecular weight excluding hydrogens is 489 g/mol. The van der Waals surface area contributed by atoms with Crippen molar-refractivity contribution in [1.29, 1.82) is 0 Å². The van der Waals surface area contributed by atoms with Gasteiger partial charge in [-0.25, -0.2) is 17.8 Å². The van der Waals surface area contributed by atoms with Gasteiger partial charge >= 0.3 is 11.2 Å². The molecule has 0 radical (unpaired) electrons. The van der Waals surface area contributed by atoms with Crippen LogP contribution < -0.4 is 5.69 Å². The number of aromatic hydroxyl groups is 1. The molecule has 2 aromatic heterocycles. The molecule has 1 aliphatic heterocycles. The maximum Gasteiger partial charge on any atom is 0.501 e. The van der Waals surface area contributed by atoms with Crippen LogP contribution in [0.5, 0.6) is 5.88 Å². The number of aromatic nitrogens is 3. The third-order valence-corrected chi connectivity index (χ3v) is 7.28. The lowest BCUT2D eigenvalue weighted by atomic mass is 10.1. The summed E-state index contributed by atoms with van der Waals surface area (Å²) in [5, 5.41) is 10.3. The number of piperidine rings is 1. The van der Waals surface area contributed by atoms with E-state index in [2.05, 4.69) is 4.98 Å². The SMILES string of the molecule is O=C(c1cnccc1Cn1cc(O)n(-c2ccc(S(=O)(=O)C(F)(F)F)cc2)c1=O)N1CCCCC1. The van der Waals surface area contributed by atoms with Crippen LogP contribution in [0.3, 0.4) is 0 Å². The second-order valence-electron chi connectivity index (χ2n) is 8.06. The molecule has 186 valence electrons. The van der Waals surface area contributed by atoms with Crippen molar-refractivity contribution in [2.75, 3.05) is 13.1 Å². The van der Waals surface area contributed by atoms with E-state index in [1.54, 1.807) is 11.0 Å². The number of likely N-dealkylation sites (tertiary alicyclic amines) is 1. The highest BCUT2D eigenvalue weighted by Gasteiger charge is 2.46. The molecule has 0 unspecified atom stereocenters. The molecule has 13 heteroatoms. The molecule has 1 amide bonds. The molecule has 0 atom stereocenters. The van der Waals surface area contributed by atoms with Gasteiger partial charge in [-0.1, -0.05) is 0 Å². The third kappa shape index (κ3) is 4.67. The number of amides is 1. The van der Waals surface area contributed by atoms with E-state index in [4.69, 9.17) is 0 Å². The van der Waals surface area contributed by atoms with Crippen LogP contribution in [0.15, 0.2) is 58.6 Å². The molecule has 1 aliphatic rings. The predicted molar refractivity (Wildman–Crippen MR) is 118 cm³/mol. The number of nitrogens with zero attached hydrogens (tertiary/aromatic N) is 4. The Bertz CT molecular complexity index is 1410. The van der Waals surface area contributed by atoms with Crippen LogP contribution in [0.2, 0.25) is 0 Å². The molecule has 3 heterocycles. The standard InChI is InChI=1S/C22H21F3N4O5S/c23-22(24,25)35(33,34)17-6-4-16(5-7-17)29-19(30)14-28(21(29)32)13-15-8-9-26-12-18(15)20(31)27-10-2-1-3-11-27/h4-9,12,14,30H,1-3,10-11,13H2. The van der Waals surface area contributed by atoms with E-state index in [9.17, 15) is 36.3 Å². The van der Waals surface area contributed by atoms with Crippen LogP contribution in [-0.4, -0.2) is 57.0 Å². The Hall–Kier alpha value is -3.61. The Morgan fingerprint density at radius 2 is 1.71 bits per heavy atom. The van der Waals surface area contributed by atoms with Gasteiger partial charge in [0.2, 0.25) is 5.88 Å². The van der Waals surface area contributed by atoms with Crippen molar-refractivity contribution in [1.82, 2.24) is 19.0 Å². The number of carbonyl (C=O) groups is 1. The number of imidazole rings is 1. The monoisotopic (exact) mass is 510 g/mol. The van der Waals surface area contributed by atoms with E-state index in [0.717, 1.165) is 46.7 Å². The summed E-state index contributed by atoms with van der Waals surface area (Å²) < 4.78 is 63.4. The first-order valence-corrected chi connectivity index (χ1v) is 12.1. The highest BCUT2D eigenvalue weighted by molar-refractivity contribution is 7.92. The van der Waals surface area contributed by atoms with Crippen LogP contribution in [0, 0.1) is 0 Å². The van der Waals surface area contributed by atoms with Crippen LogP contribution >= 0.6 is 0 Å². The van der Waals surface area contributed by atoms with Gasteiger partial charge in [0.15, 0.2) is 0 Å². The lowest BCUT2D eigenvalue weighted by Gasteiger charge is -2.27. The Labute approximate surface area is 198 Å². The number of hydrogen-bond acceptors (Lipinski definition) is 6. The minimum atomic E-state index is -5.55.